The molecule has 0 aromatic heterocycles. The van der Waals surface area contributed by atoms with Crippen LogP contribution in [-0.2, 0) is 4.74 Å². The Morgan fingerprint density at radius 3 is 2.62 bits per heavy atom. The molecule has 0 saturated heterocycles. The zero-order chi connectivity index (χ0) is 15.9. The van der Waals surface area contributed by atoms with Crippen molar-refractivity contribution in [2.45, 2.75) is 25.6 Å². The second kappa shape index (κ2) is 8.46. The van der Waals surface area contributed by atoms with Crippen LogP contribution in [0.3, 0.4) is 0 Å². The SMILES string of the molecule is CNC(C)c1cc(Cl)ccc1OCCCOCC(F)(F)F. The minimum absolute atomic E-state index is 0.00398. The van der Waals surface area contributed by atoms with Gasteiger partial charge in [0.1, 0.15) is 12.4 Å². The molecule has 120 valence electrons. The summed E-state index contributed by atoms with van der Waals surface area (Å²) in [4.78, 5) is 0. The summed E-state index contributed by atoms with van der Waals surface area (Å²) >= 11 is 5.95. The molecule has 1 unspecified atom stereocenters. The molecule has 0 bridgehead atoms. The number of rotatable bonds is 8. The standard InChI is InChI=1S/C14H19ClF3NO2/c1-10(19-2)12-8-11(15)4-5-13(12)21-7-3-6-20-9-14(16,17)18/h4-5,8,10,19H,3,6-7,9H2,1-2H3. The lowest BCUT2D eigenvalue weighted by Crippen LogP contribution is -2.18. The number of ether oxygens (including phenoxy) is 2. The fourth-order valence-electron chi connectivity index (χ4n) is 1.68. The van der Waals surface area contributed by atoms with Gasteiger partial charge < -0.3 is 14.8 Å². The van der Waals surface area contributed by atoms with Crippen LogP contribution >= 0.6 is 11.6 Å². The van der Waals surface area contributed by atoms with Gasteiger partial charge in [-0.25, -0.2) is 0 Å². The molecule has 0 saturated carbocycles. The van der Waals surface area contributed by atoms with Gasteiger partial charge in [0.2, 0.25) is 0 Å². The lowest BCUT2D eigenvalue weighted by atomic mass is 10.1. The first-order chi connectivity index (χ1) is 9.83. The number of halogens is 4. The zero-order valence-corrected chi connectivity index (χ0v) is 12.7. The summed E-state index contributed by atoms with van der Waals surface area (Å²) in [5, 5.41) is 3.69. The Balaban J connectivity index is 2.41. The molecule has 3 nitrogen and oxygen atoms in total. The molecule has 0 fully saturated rings. The van der Waals surface area contributed by atoms with Crippen LogP contribution in [0.25, 0.3) is 0 Å². The second-order valence-electron chi connectivity index (χ2n) is 4.56. The first kappa shape index (κ1) is 18.1. The molecule has 1 N–H and O–H groups in total. The third kappa shape index (κ3) is 7.02. The fourth-order valence-corrected chi connectivity index (χ4v) is 1.86. The van der Waals surface area contributed by atoms with Crippen LogP contribution < -0.4 is 10.1 Å². The van der Waals surface area contributed by atoms with Crippen molar-refractivity contribution >= 4 is 11.6 Å². The molecule has 1 rings (SSSR count). The lowest BCUT2D eigenvalue weighted by Gasteiger charge is -2.17. The Hall–Kier alpha value is -0.980. The summed E-state index contributed by atoms with van der Waals surface area (Å²) in [5.41, 5.74) is 0.904. The van der Waals surface area contributed by atoms with Crippen LogP contribution in [-0.4, -0.2) is 33.0 Å². The number of alkyl halides is 3. The lowest BCUT2D eigenvalue weighted by molar-refractivity contribution is -0.174. The van der Waals surface area contributed by atoms with E-state index in [0.717, 1.165) is 5.56 Å². The maximum Gasteiger partial charge on any atom is 0.411 e. The summed E-state index contributed by atoms with van der Waals surface area (Å²) in [7, 11) is 1.82. The fraction of sp³-hybridized carbons (Fsp3) is 0.571. The topological polar surface area (TPSA) is 30.5 Å². The minimum Gasteiger partial charge on any atom is -0.493 e. The van der Waals surface area contributed by atoms with Crippen LogP contribution in [0, 0.1) is 0 Å². The Kier molecular flexibility index (Phi) is 7.28. The van der Waals surface area contributed by atoms with Crippen LogP contribution in [0.1, 0.15) is 24.9 Å². The van der Waals surface area contributed by atoms with E-state index in [-0.39, 0.29) is 19.3 Å². The van der Waals surface area contributed by atoms with E-state index in [1.165, 1.54) is 0 Å². The van der Waals surface area contributed by atoms with Gasteiger partial charge in [0.25, 0.3) is 0 Å². The average molecular weight is 326 g/mol. The summed E-state index contributed by atoms with van der Waals surface area (Å²) in [6.45, 7) is 1.02. The molecule has 1 aromatic rings. The van der Waals surface area contributed by atoms with E-state index < -0.39 is 12.8 Å². The molecule has 0 amide bonds. The molecule has 0 aliphatic rings. The van der Waals surface area contributed by atoms with Crippen molar-refractivity contribution in [2.75, 3.05) is 26.9 Å². The molecular weight excluding hydrogens is 307 g/mol. The minimum atomic E-state index is -4.29. The van der Waals surface area contributed by atoms with Crippen molar-refractivity contribution in [1.29, 1.82) is 0 Å². The molecule has 1 aromatic carbocycles. The average Bonchev–Trinajstić information content (AvgIpc) is 2.41. The Labute approximate surface area is 127 Å². The summed E-state index contributed by atoms with van der Waals surface area (Å²) in [6, 6.07) is 5.32. The van der Waals surface area contributed by atoms with Crippen LogP contribution in [0.15, 0.2) is 18.2 Å². The zero-order valence-electron chi connectivity index (χ0n) is 12.0. The van der Waals surface area contributed by atoms with Crippen LogP contribution in [0.4, 0.5) is 13.2 Å². The van der Waals surface area contributed by atoms with Gasteiger partial charge >= 0.3 is 6.18 Å². The monoisotopic (exact) mass is 325 g/mol. The third-order valence-corrected chi connectivity index (χ3v) is 3.06. The van der Waals surface area contributed by atoms with Gasteiger partial charge in [-0.2, -0.15) is 13.2 Å². The van der Waals surface area contributed by atoms with Gasteiger partial charge in [-0.1, -0.05) is 11.6 Å². The number of hydrogen-bond acceptors (Lipinski definition) is 3. The first-order valence-corrected chi connectivity index (χ1v) is 6.95. The largest absolute Gasteiger partial charge is 0.493 e. The van der Waals surface area contributed by atoms with Crippen molar-refractivity contribution in [3.8, 4) is 5.75 Å². The molecule has 21 heavy (non-hydrogen) atoms. The molecule has 0 aliphatic carbocycles. The van der Waals surface area contributed by atoms with Gasteiger partial charge in [-0.15, -0.1) is 0 Å². The van der Waals surface area contributed by atoms with E-state index >= 15 is 0 Å². The number of nitrogens with one attached hydrogen (secondary N) is 1. The molecule has 0 heterocycles. The third-order valence-electron chi connectivity index (χ3n) is 2.83. The predicted octanol–water partition coefficient (Wildman–Crippen LogP) is 3.97. The molecule has 0 spiro atoms. The van der Waals surface area contributed by atoms with Gasteiger partial charge in [-0.05, 0) is 32.2 Å². The predicted molar refractivity (Wildman–Crippen MR) is 75.9 cm³/mol. The van der Waals surface area contributed by atoms with Crippen LogP contribution in [0.5, 0.6) is 5.75 Å². The highest BCUT2D eigenvalue weighted by atomic mass is 35.5. The summed E-state index contributed by atoms with van der Waals surface area (Å²) in [5.74, 6) is 0.664. The van der Waals surface area contributed by atoms with Crippen molar-refractivity contribution < 1.29 is 22.6 Å². The molecule has 0 radical (unpaired) electrons. The normalized spacial score (nSPS) is 13.2. The van der Waals surface area contributed by atoms with E-state index in [1.807, 2.05) is 14.0 Å². The highest BCUT2D eigenvalue weighted by molar-refractivity contribution is 6.30. The maximum absolute atomic E-state index is 11.9. The van der Waals surface area contributed by atoms with E-state index in [9.17, 15) is 13.2 Å². The summed E-state index contributed by atoms with van der Waals surface area (Å²) in [6.07, 6.45) is -3.90. The van der Waals surface area contributed by atoms with Gasteiger partial charge in [0.05, 0.1) is 13.2 Å². The molecule has 1 atom stereocenters. The van der Waals surface area contributed by atoms with Gasteiger partial charge in [-0.3, -0.25) is 0 Å². The number of hydrogen-bond donors (Lipinski definition) is 1. The first-order valence-electron chi connectivity index (χ1n) is 6.57. The van der Waals surface area contributed by atoms with Crippen LogP contribution in [0.2, 0.25) is 5.02 Å². The maximum atomic E-state index is 11.9. The number of benzene rings is 1. The smallest absolute Gasteiger partial charge is 0.411 e. The second-order valence-corrected chi connectivity index (χ2v) is 5.00. The molecule has 0 aliphatic heterocycles. The highest BCUT2D eigenvalue weighted by Crippen LogP contribution is 2.28. The van der Waals surface area contributed by atoms with Crippen molar-refractivity contribution in [2.24, 2.45) is 0 Å². The van der Waals surface area contributed by atoms with Gasteiger partial charge in [0.15, 0.2) is 0 Å². The van der Waals surface area contributed by atoms with E-state index in [1.54, 1.807) is 18.2 Å². The molecular formula is C14H19ClF3NO2. The Morgan fingerprint density at radius 2 is 2.00 bits per heavy atom. The molecule has 7 heteroatoms. The van der Waals surface area contributed by atoms with E-state index in [4.69, 9.17) is 16.3 Å². The van der Waals surface area contributed by atoms with Crippen molar-refractivity contribution in [3.05, 3.63) is 28.8 Å². The Bertz CT molecular complexity index is 441. The van der Waals surface area contributed by atoms with Gasteiger partial charge in [0, 0.05) is 23.0 Å². The summed E-state index contributed by atoms with van der Waals surface area (Å²) < 4.78 is 45.7. The van der Waals surface area contributed by atoms with Crippen molar-refractivity contribution in [3.63, 3.8) is 0 Å². The Morgan fingerprint density at radius 1 is 1.29 bits per heavy atom. The quantitative estimate of drug-likeness (QED) is 0.734. The van der Waals surface area contributed by atoms with E-state index in [0.29, 0.717) is 17.2 Å². The highest BCUT2D eigenvalue weighted by Gasteiger charge is 2.27. The van der Waals surface area contributed by atoms with E-state index in [2.05, 4.69) is 10.1 Å². The van der Waals surface area contributed by atoms with Crippen molar-refractivity contribution in [1.82, 2.24) is 5.32 Å².